The number of hydrogen-bond donors (Lipinski definition) is 1. The third-order valence-corrected chi connectivity index (χ3v) is 6.93. The third-order valence-electron chi connectivity index (χ3n) is 5.10. The van der Waals surface area contributed by atoms with E-state index in [2.05, 4.69) is 15.2 Å². The van der Waals surface area contributed by atoms with Crippen LogP contribution in [0.15, 0.2) is 29.2 Å². The smallest absolute Gasteiger partial charge is 0.243 e. The minimum Gasteiger partial charge on any atom is -0.497 e. The van der Waals surface area contributed by atoms with E-state index in [1.165, 1.54) is 23.5 Å². The van der Waals surface area contributed by atoms with Crippen molar-refractivity contribution in [2.24, 2.45) is 5.92 Å². The molecular weight excluding hydrogens is 359 g/mol. The summed E-state index contributed by atoms with van der Waals surface area (Å²) in [5, 5.41) is 7.11. The molecule has 4 rings (SSSR count). The van der Waals surface area contributed by atoms with E-state index >= 15 is 0 Å². The summed E-state index contributed by atoms with van der Waals surface area (Å²) in [5.74, 6) is 1.44. The molecule has 2 heterocycles. The van der Waals surface area contributed by atoms with Crippen LogP contribution >= 0.6 is 0 Å². The van der Waals surface area contributed by atoms with Crippen molar-refractivity contribution >= 4 is 10.0 Å². The van der Waals surface area contributed by atoms with Gasteiger partial charge in [-0.15, -0.1) is 0 Å². The normalized spacial score (nSPS) is 24.1. The van der Waals surface area contributed by atoms with E-state index in [0.29, 0.717) is 17.5 Å². The molecular formula is C17H21FN4O3S. The van der Waals surface area contributed by atoms with Crippen LogP contribution in [-0.4, -0.2) is 54.8 Å². The molecule has 1 aromatic carbocycles. The van der Waals surface area contributed by atoms with E-state index in [1.54, 1.807) is 12.1 Å². The molecule has 0 unspecified atom stereocenters. The largest absolute Gasteiger partial charge is 0.497 e. The second-order valence-corrected chi connectivity index (χ2v) is 8.81. The van der Waals surface area contributed by atoms with Crippen LogP contribution in [-0.2, 0) is 10.0 Å². The zero-order chi connectivity index (χ0) is 18.3. The minimum atomic E-state index is -3.73. The molecule has 1 aliphatic heterocycles. The number of sulfonamides is 1. The standard InChI is InChI=1S/C17H21FN4O3S/c1-25-13-3-2-4-14(7-13)26(23,24)22-9-12(8-18)15(10-22)17-19-16(20-21-17)11-5-6-11/h2-4,7,11-12,15H,5-6,8-10H2,1H3,(H,19,20,21)/t12-,15-/m1/s1. The lowest BCUT2D eigenvalue weighted by molar-refractivity contribution is 0.346. The molecule has 0 spiro atoms. The predicted octanol–water partition coefficient (Wildman–Crippen LogP) is 2.06. The van der Waals surface area contributed by atoms with Gasteiger partial charge in [-0.3, -0.25) is 9.49 Å². The first-order valence-electron chi connectivity index (χ1n) is 8.65. The van der Waals surface area contributed by atoms with Crippen molar-refractivity contribution in [3.05, 3.63) is 35.9 Å². The summed E-state index contributed by atoms with van der Waals surface area (Å²) in [6, 6.07) is 6.32. The zero-order valence-corrected chi connectivity index (χ0v) is 15.2. The van der Waals surface area contributed by atoms with Gasteiger partial charge >= 0.3 is 0 Å². The maximum absolute atomic E-state index is 13.6. The molecule has 26 heavy (non-hydrogen) atoms. The van der Waals surface area contributed by atoms with Crippen molar-refractivity contribution in [1.82, 2.24) is 19.5 Å². The van der Waals surface area contributed by atoms with Crippen molar-refractivity contribution in [2.45, 2.75) is 29.6 Å². The average molecular weight is 380 g/mol. The molecule has 0 amide bonds. The zero-order valence-electron chi connectivity index (χ0n) is 14.4. The number of nitrogens with zero attached hydrogens (tertiary/aromatic N) is 3. The van der Waals surface area contributed by atoms with Crippen LogP contribution in [0.4, 0.5) is 4.39 Å². The molecule has 1 aliphatic carbocycles. The quantitative estimate of drug-likeness (QED) is 0.829. The summed E-state index contributed by atoms with van der Waals surface area (Å²) in [4.78, 5) is 4.64. The number of methoxy groups -OCH3 is 1. The van der Waals surface area contributed by atoms with E-state index in [-0.39, 0.29) is 23.9 Å². The Balaban J connectivity index is 1.59. The lowest BCUT2D eigenvalue weighted by Crippen LogP contribution is -2.29. The van der Waals surface area contributed by atoms with Gasteiger partial charge in [0.25, 0.3) is 0 Å². The Morgan fingerprint density at radius 1 is 1.35 bits per heavy atom. The number of alkyl halides is 1. The number of H-pyrrole nitrogens is 1. The Kier molecular flexibility index (Phi) is 4.44. The second-order valence-electron chi connectivity index (χ2n) is 6.88. The molecule has 2 atom stereocenters. The van der Waals surface area contributed by atoms with E-state index in [0.717, 1.165) is 18.7 Å². The maximum Gasteiger partial charge on any atom is 0.243 e. The molecule has 9 heteroatoms. The highest BCUT2D eigenvalue weighted by molar-refractivity contribution is 7.89. The van der Waals surface area contributed by atoms with Crippen molar-refractivity contribution in [1.29, 1.82) is 0 Å². The molecule has 1 N–H and O–H groups in total. The summed E-state index contributed by atoms with van der Waals surface area (Å²) >= 11 is 0. The molecule has 0 bridgehead atoms. The number of halogens is 1. The topological polar surface area (TPSA) is 88.2 Å². The number of benzene rings is 1. The number of ether oxygens (including phenoxy) is 1. The fraction of sp³-hybridized carbons (Fsp3) is 0.529. The van der Waals surface area contributed by atoms with Gasteiger partial charge in [0, 0.05) is 36.9 Å². The van der Waals surface area contributed by atoms with Crippen LogP contribution in [0.5, 0.6) is 5.75 Å². The summed E-state index contributed by atoms with van der Waals surface area (Å²) in [7, 11) is -2.24. The van der Waals surface area contributed by atoms with Gasteiger partial charge in [-0.05, 0) is 25.0 Å². The van der Waals surface area contributed by atoms with Gasteiger partial charge in [0.1, 0.15) is 11.6 Å². The van der Waals surface area contributed by atoms with Crippen LogP contribution in [0.1, 0.15) is 36.3 Å². The van der Waals surface area contributed by atoms with E-state index in [1.807, 2.05) is 0 Å². The van der Waals surface area contributed by atoms with Crippen molar-refractivity contribution in [3.63, 3.8) is 0 Å². The first kappa shape index (κ1) is 17.4. The van der Waals surface area contributed by atoms with Crippen LogP contribution in [0.25, 0.3) is 0 Å². The predicted molar refractivity (Wildman–Crippen MR) is 92.3 cm³/mol. The highest BCUT2D eigenvalue weighted by atomic mass is 32.2. The number of nitrogens with one attached hydrogen (secondary N) is 1. The van der Waals surface area contributed by atoms with Gasteiger partial charge in [0.15, 0.2) is 5.82 Å². The Bertz CT molecular complexity index is 897. The van der Waals surface area contributed by atoms with Gasteiger partial charge < -0.3 is 4.74 Å². The Hall–Kier alpha value is -2.00. The SMILES string of the molecule is COc1cccc(S(=O)(=O)N2C[C@@H](CF)[C@H](c3nc(C4CC4)n[nH]3)C2)c1. The van der Waals surface area contributed by atoms with Gasteiger partial charge in [-0.1, -0.05) is 6.07 Å². The van der Waals surface area contributed by atoms with Gasteiger partial charge in [-0.2, -0.15) is 9.40 Å². The summed E-state index contributed by atoms with van der Waals surface area (Å²) in [5.41, 5.74) is 0. The molecule has 7 nitrogen and oxygen atoms in total. The van der Waals surface area contributed by atoms with Crippen molar-refractivity contribution in [2.75, 3.05) is 26.9 Å². The number of hydrogen-bond acceptors (Lipinski definition) is 5. The number of rotatable bonds is 6. The minimum absolute atomic E-state index is 0.125. The molecule has 2 aliphatic rings. The van der Waals surface area contributed by atoms with Crippen LogP contribution in [0, 0.1) is 5.92 Å². The molecule has 2 aromatic rings. The lowest BCUT2D eigenvalue weighted by Gasteiger charge is -2.16. The molecule has 0 radical (unpaired) electrons. The van der Waals surface area contributed by atoms with Gasteiger partial charge in [0.2, 0.25) is 10.0 Å². The van der Waals surface area contributed by atoms with Crippen molar-refractivity contribution in [3.8, 4) is 5.75 Å². The number of aromatic amines is 1. The number of aromatic nitrogens is 3. The highest BCUT2D eigenvalue weighted by Crippen LogP contribution is 2.40. The third kappa shape index (κ3) is 3.09. The van der Waals surface area contributed by atoms with Crippen LogP contribution < -0.4 is 4.74 Å². The van der Waals surface area contributed by atoms with Crippen molar-refractivity contribution < 1.29 is 17.5 Å². The van der Waals surface area contributed by atoms with Crippen LogP contribution in [0.3, 0.4) is 0 Å². The average Bonchev–Trinajstić information content (AvgIpc) is 3.22. The van der Waals surface area contributed by atoms with E-state index < -0.39 is 22.6 Å². The van der Waals surface area contributed by atoms with Gasteiger partial charge in [-0.25, -0.2) is 13.4 Å². The first-order chi connectivity index (χ1) is 12.5. The molecule has 1 saturated heterocycles. The fourth-order valence-corrected chi connectivity index (χ4v) is 4.94. The summed E-state index contributed by atoms with van der Waals surface area (Å²) < 4.78 is 46.0. The first-order valence-corrected chi connectivity index (χ1v) is 10.1. The van der Waals surface area contributed by atoms with E-state index in [9.17, 15) is 12.8 Å². The van der Waals surface area contributed by atoms with Gasteiger partial charge in [0.05, 0.1) is 18.7 Å². The van der Waals surface area contributed by atoms with Crippen LogP contribution in [0.2, 0.25) is 0 Å². The highest BCUT2D eigenvalue weighted by Gasteiger charge is 2.42. The molecule has 140 valence electrons. The molecule has 2 fully saturated rings. The Labute approximate surface area is 151 Å². The second kappa shape index (κ2) is 6.62. The monoisotopic (exact) mass is 380 g/mol. The fourth-order valence-electron chi connectivity index (χ4n) is 3.38. The Morgan fingerprint density at radius 2 is 2.15 bits per heavy atom. The Morgan fingerprint density at radius 3 is 2.85 bits per heavy atom. The lowest BCUT2D eigenvalue weighted by atomic mass is 9.97. The molecule has 1 aromatic heterocycles. The van der Waals surface area contributed by atoms with E-state index in [4.69, 9.17) is 4.74 Å². The molecule has 1 saturated carbocycles. The maximum atomic E-state index is 13.6. The summed E-state index contributed by atoms with van der Waals surface area (Å²) in [6.07, 6.45) is 2.15. The summed E-state index contributed by atoms with van der Waals surface area (Å²) in [6.45, 7) is -0.290.